The van der Waals surface area contributed by atoms with E-state index in [1.165, 1.54) is 6.92 Å². The van der Waals surface area contributed by atoms with Gasteiger partial charge < -0.3 is 19.5 Å². The molecule has 0 radical (unpaired) electrons. The highest BCUT2D eigenvalue weighted by atomic mass is 16.5. The molecule has 0 bridgehead atoms. The molecule has 1 amide bonds. The molecule has 25 heavy (non-hydrogen) atoms. The number of amides is 1. The van der Waals surface area contributed by atoms with Crippen LogP contribution in [-0.2, 0) is 9.53 Å². The lowest BCUT2D eigenvalue weighted by atomic mass is 10.2. The number of carbonyl (C=O) groups is 2. The van der Waals surface area contributed by atoms with Crippen LogP contribution in [0.15, 0.2) is 30.9 Å². The molecule has 0 aliphatic rings. The zero-order valence-corrected chi connectivity index (χ0v) is 15.3. The predicted octanol–water partition coefficient (Wildman–Crippen LogP) is 2.97. The number of rotatable bonds is 10. The number of hydrogen-bond acceptors (Lipinski definition) is 5. The summed E-state index contributed by atoms with van der Waals surface area (Å²) < 4.78 is 16.4. The molecule has 0 heterocycles. The van der Waals surface area contributed by atoms with E-state index in [9.17, 15) is 9.59 Å². The van der Waals surface area contributed by atoms with Crippen LogP contribution >= 0.6 is 0 Å². The molecule has 0 aliphatic heterocycles. The minimum absolute atomic E-state index is 0.295. The number of ether oxygens (including phenoxy) is 3. The minimum Gasteiger partial charge on any atom is -0.490 e. The van der Waals surface area contributed by atoms with E-state index in [0.29, 0.717) is 42.7 Å². The Morgan fingerprint density at radius 3 is 2.52 bits per heavy atom. The van der Waals surface area contributed by atoms with Gasteiger partial charge in [-0.1, -0.05) is 19.9 Å². The highest BCUT2D eigenvalue weighted by Gasteiger charge is 2.19. The van der Waals surface area contributed by atoms with Crippen LogP contribution in [0.3, 0.4) is 0 Å². The highest BCUT2D eigenvalue weighted by Crippen LogP contribution is 2.29. The molecule has 1 atom stereocenters. The maximum Gasteiger partial charge on any atom is 0.339 e. The number of benzene rings is 1. The van der Waals surface area contributed by atoms with E-state index in [4.69, 9.17) is 14.2 Å². The van der Waals surface area contributed by atoms with Crippen molar-refractivity contribution in [2.45, 2.75) is 33.8 Å². The van der Waals surface area contributed by atoms with Crippen LogP contribution in [0.25, 0.3) is 0 Å². The second kappa shape index (κ2) is 10.4. The van der Waals surface area contributed by atoms with Crippen molar-refractivity contribution in [3.63, 3.8) is 0 Å². The van der Waals surface area contributed by atoms with Crippen LogP contribution in [0.2, 0.25) is 0 Å². The second-order valence-corrected chi connectivity index (χ2v) is 5.88. The van der Waals surface area contributed by atoms with Crippen LogP contribution in [0.5, 0.6) is 11.5 Å². The Morgan fingerprint density at radius 2 is 1.92 bits per heavy atom. The third kappa shape index (κ3) is 6.87. The molecular formula is C19H27NO5. The average Bonchev–Trinajstić information content (AvgIpc) is 2.58. The Morgan fingerprint density at radius 1 is 1.20 bits per heavy atom. The van der Waals surface area contributed by atoms with Gasteiger partial charge in [0.15, 0.2) is 17.6 Å². The standard InChI is InChI=1S/C19H27NO5/c1-6-10-20-18(21)14(5)25-19(22)15-8-9-16(24-12-13(3)4)17(11-15)23-7-2/h6,8-9,11,13-14H,1,7,10,12H2,2-5H3,(H,20,21)/t14-/m0/s1. The van der Waals surface area contributed by atoms with Gasteiger partial charge in [-0.2, -0.15) is 0 Å². The second-order valence-electron chi connectivity index (χ2n) is 5.88. The molecule has 0 saturated heterocycles. The molecular weight excluding hydrogens is 322 g/mol. The molecule has 6 heteroatoms. The third-order valence-corrected chi connectivity index (χ3v) is 3.13. The number of nitrogens with one attached hydrogen (secondary N) is 1. The first-order valence-corrected chi connectivity index (χ1v) is 8.38. The van der Waals surface area contributed by atoms with Crippen molar-refractivity contribution >= 4 is 11.9 Å². The molecule has 0 spiro atoms. The molecule has 1 N–H and O–H groups in total. The third-order valence-electron chi connectivity index (χ3n) is 3.13. The summed E-state index contributed by atoms with van der Waals surface area (Å²) in [6.45, 7) is 12.3. The summed E-state index contributed by atoms with van der Waals surface area (Å²) in [6.07, 6.45) is 0.649. The molecule has 138 valence electrons. The van der Waals surface area contributed by atoms with E-state index in [-0.39, 0.29) is 5.91 Å². The van der Waals surface area contributed by atoms with Crippen LogP contribution in [0.1, 0.15) is 38.1 Å². The Labute approximate surface area is 149 Å². The van der Waals surface area contributed by atoms with Gasteiger partial charge in [0.05, 0.1) is 18.8 Å². The number of esters is 1. The van der Waals surface area contributed by atoms with E-state index in [1.54, 1.807) is 24.3 Å². The average molecular weight is 349 g/mol. The summed E-state index contributed by atoms with van der Waals surface area (Å²) >= 11 is 0. The predicted molar refractivity (Wildman–Crippen MR) is 96.0 cm³/mol. The molecule has 1 rings (SSSR count). The van der Waals surface area contributed by atoms with E-state index in [2.05, 4.69) is 11.9 Å². The van der Waals surface area contributed by atoms with Gasteiger partial charge in [-0.3, -0.25) is 4.79 Å². The molecule has 0 unspecified atom stereocenters. The normalized spacial score (nSPS) is 11.6. The van der Waals surface area contributed by atoms with Gasteiger partial charge in [0.25, 0.3) is 5.91 Å². The Kier molecular flexibility index (Phi) is 8.53. The number of hydrogen-bond donors (Lipinski definition) is 1. The van der Waals surface area contributed by atoms with E-state index >= 15 is 0 Å². The van der Waals surface area contributed by atoms with Gasteiger partial charge in [-0.25, -0.2) is 4.79 Å². The lowest BCUT2D eigenvalue weighted by molar-refractivity contribution is -0.128. The summed E-state index contributed by atoms with van der Waals surface area (Å²) in [5.41, 5.74) is 0.295. The van der Waals surface area contributed by atoms with Crippen LogP contribution in [-0.4, -0.2) is 37.7 Å². The Hall–Kier alpha value is -2.50. The van der Waals surface area contributed by atoms with Crippen molar-refractivity contribution in [1.29, 1.82) is 0 Å². The van der Waals surface area contributed by atoms with Crippen molar-refractivity contribution in [1.82, 2.24) is 5.32 Å². The summed E-state index contributed by atoms with van der Waals surface area (Å²) in [6, 6.07) is 4.83. The SMILES string of the molecule is C=CCNC(=O)[C@H](C)OC(=O)c1ccc(OCC(C)C)c(OCC)c1. The van der Waals surface area contributed by atoms with Crippen molar-refractivity contribution in [3.8, 4) is 11.5 Å². The Balaban J connectivity index is 2.82. The quantitative estimate of drug-likeness (QED) is 0.519. The summed E-state index contributed by atoms with van der Waals surface area (Å²) in [7, 11) is 0. The fraction of sp³-hybridized carbons (Fsp3) is 0.474. The first kappa shape index (κ1) is 20.5. The monoisotopic (exact) mass is 349 g/mol. The number of carbonyl (C=O) groups excluding carboxylic acids is 2. The van der Waals surface area contributed by atoms with Crippen molar-refractivity contribution in [2.75, 3.05) is 19.8 Å². The van der Waals surface area contributed by atoms with Gasteiger partial charge in [0, 0.05) is 6.54 Å². The Bertz CT molecular complexity index is 597. The smallest absolute Gasteiger partial charge is 0.339 e. The fourth-order valence-electron chi connectivity index (χ4n) is 1.88. The van der Waals surface area contributed by atoms with Gasteiger partial charge in [-0.05, 0) is 38.0 Å². The van der Waals surface area contributed by atoms with Crippen molar-refractivity contribution in [2.24, 2.45) is 5.92 Å². The van der Waals surface area contributed by atoms with E-state index in [1.807, 2.05) is 20.8 Å². The zero-order chi connectivity index (χ0) is 18.8. The van der Waals surface area contributed by atoms with E-state index < -0.39 is 12.1 Å². The first-order chi connectivity index (χ1) is 11.9. The van der Waals surface area contributed by atoms with Crippen LogP contribution in [0.4, 0.5) is 0 Å². The molecule has 0 aliphatic carbocycles. The molecule has 1 aromatic rings. The summed E-state index contributed by atoms with van der Waals surface area (Å²) in [4.78, 5) is 24.0. The molecule has 0 fully saturated rings. The van der Waals surface area contributed by atoms with Gasteiger partial charge in [0.2, 0.25) is 0 Å². The topological polar surface area (TPSA) is 73.9 Å². The maximum absolute atomic E-state index is 12.2. The maximum atomic E-state index is 12.2. The van der Waals surface area contributed by atoms with Crippen molar-refractivity contribution in [3.05, 3.63) is 36.4 Å². The first-order valence-electron chi connectivity index (χ1n) is 8.38. The fourth-order valence-corrected chi connectivity index (χ4v) is 1.88. The molecule has 0 aromatic heterocycles. The molecule has 6 nitrogen and oxygen atoms in total. The largest absolute Gasteiger partial charge is 0.490 e. The lowest BCUT2D eigenvalue weighted by Gasteiger charge is -2.16. The van der Waals surface area contributed by atoms with Gasteiger partial charge in [0.1, 0.15) is 0 Å². The van der Waals surface area contributed by atoms with Gasteiger partial charge in [-0.15, -0.1) is 6.58 Å². The summed E-state index contributed by atoms with van der Waals surface area (Å²) in [5, 5.41) is 2.58. The van der Waals surface area contributed by atoms with Crippen LogP contribution in [0, 0.1) is 5.92 Å². The van der Waals surface area contributed by atoms with Gasteiger partial charge >= 0.3 is 5.97 Å². The minimum atomic E-state index is -0.903. The lowest BCUT2D eigenvalue weighted by Crippen LogP contribution is -2.35. The summed E-state index contributed by atoms with van der Waals surface area (Å²) in [5.74, 6) is 0.437. The van der Waals surface area contributed by atoms with Crippen LogP contribution < -0.4 is 14.8 Å². The van der Waals surface area contributed by atoms with Crippen molar-refractivity contribution < 1.29 is 23.8 Å². The van der Waals surface area contributed by atoms with E-state index in [0.717, 1.165) is 0 Å². The molecule has 0 saturated carbocycles. The molecule has 1 aromatic carbocycles. The highest BCUT2D eigenvalue weighted by molar-refractivity contribution is 5.92. The zero-order valence-electron chi connectivity index (χ0n) is 15.3.